The largest absolute Gasteiger partial charge is 0.466 e. The summed E-state index contributed by atoms with van der Waals surface area (Å²) in [7, 11) is 1.66. The average Bonchev–Trinajstić information content (AvgIpc) is 3.68. The Bertz CT molecular complexity index is 2200. The Morgan fingerprint density at radius 2 is 1.10 bits per heavy atom. The van der Waals surface area contributed by atoms with Crippen LogP contribution in [0, 0.1) is 5.92 Å². The maximum absolute atomic E-state index is 13.2. The smallest absolute Gasteiger partial charge is 0.408 e. The van der Waals surface area contributed by atoms with Gasteiger partial charge in [-0.05, 0) is 48.6 Å². The summed E-state index contributed by atoms with van der Waals surface area (Å²) in [6.07, 6.45) is -20.2. The normalized spacial score (nSPS) is 33.4. The van der Waals surface area contributed by atoms with Gasteiger partial charge in [0, 0.05) is 0 Å². The molecule has 17 atom stereocenters. The average molecular weight is 1010 g/mol. The minimum Gasteiger partial charge on any atom is -0.466 e. The molecular weight excluding hydrogens is 945 g/mol. The zero-order chi connectivity index (χ0) is 51.3. The summed E-state index contributed by atoms with van der Waals surface area (Å²) >= 11 is 0. The molecule has 3 aliphatic heterocycles. The van der Waals surface area contributed by atoms with Crippen LogP contribution in [0.15, 0.2) is 103 Å². The van der Waals surface area contributed by atoms with Crippen molar-refractivity contribution in [1.82, 2.24) is 21.3 Å². The van der Waals surface area contributed by atoms with Gasteiger partial charge in [-0.15, -0.1) is 0 Å². The Morgan fingerprint density at radius 3 is 1.62 bits per heavy atom. The van der Waals surface area contributed by atoms with E-state index in [1.807, 2.05) is 12.1 Å². The van der Waals surface area contributed by atoms with Gasteiger partial charge >= 0.3 is 18.3 Å². The highest BCUT2D eigenvalue weighted by molar-refractivity contribution is 5.68. The van der Waals surface area contributed by atoms with Crippen molar-refractivity contribution in [3.63, 3.8) is 0 Å². The molecule has 1 saturated carbocycles. The first kappa shape index (κ1) is 54.3. The molecule has 3 aromatic carbocycles. The number of benzene rings is 3. The van der Waals surface area contributed by atoms with Crippen LogP contribution < -0.4 is 21.3 Å². The van der Waals surface area contributed by atoms with Crippen LogP contribution in [0.4, 0.5) is 14.4 Å². The zero-order valence-electron chi connectivity index (χ0n) is 40.1. The van der Waals surface area contributed by atoms with E-state index in [0.29, 0.717) is 11.1 Å². The lowest BCUT2D eigenvalue weighted by atomic mass is 9.80. The van der Waals surface area contributed by atoms with Crippen molar-refractivity contribution in [2.45, 2.75) is 145 Å². The van der Waals surface area contributed by atoms with Crippen molar-refractivity contribution in [3.05, 3.63) is 120 Å². The summed E-state index contributed by atoms with van der Waals surface area (Å²) in [5.41, 5.74) is 2.11. The number of carbonyl (C=O) groups excluding carboxylic acids is 3. The molecule has 3 fully saturated rings. The predicted molar refractivity (Wildman–Crippen MR) is 251 cm³/mol. The fourth-order valence-corrected chi connectivity index (χ4v) is 9.05. The second-order valence-corrected chi connectivity index (χ2v) is 18.1. The fraction of sp³-hybridized carbons (Fsp3) is 0.540. The van der Waals surface area contributed by atoms with E-state index in [9.17, 15) is 45.0 Å². The molecule has 1 aliphatic carbocycles. The number of hydrogen-bond donors (Lipinski definition) is 10. The van der Waals surface area contributed by atoms with Crippen LogP contribution >= 0.6 is 0 Å². The molecule has 3 aromatic rings. The Kier molecular flexibility index (Phi) is 19.6. The van der Waals surface area contributed by atoms with E-state index in [1.54, 1.807) is 99.8 Å². The van der Waals surface area contributed by atoms with E-state index in [2.05, 4.69) is 21.3 Å². The van der Waals surface area contributed by atoms with Gasteiger partial charge in [0.1, 0.15) is 86.5 Å². The number of likely N-dealkylation sites (N-methyl/N-ethyl adjacent to an activating group) is 1. The summed E-state index contributed by atoms with van der Waals surface area (Å²) in [4.78, 5) is 39.5. The van der Waals surface area contributed by atoms with Crippen LogP contribution in [0.5, 0.6) is 0 Å². The first-order chi connectivity index (χ1) is 34.8. The molecule has 0 bridgehead atoms. The first-order valence-corrected chi connectivity index (χ1v) is 24.0. The molecular formula is C50H66N4O18. The summed E-state index contributed by atoms with van der Waals surface area (Å²) in [5, 5.41) is 79.2. The second kappa shape index (κ2) is 26.0. The topological polar surface area (TPSA) is 304 Å². The standard InChI is InChI=1S/C50H66N4O18/c1-4-34-39(58)40(59)37(54-50(63)66-26-30-18-12-7-13-19-30)46(68-34)71-43-35(23-55)69-47(41(43)60)72-44-38(57)32(52-48(61)64-24-28-14-8-5-9-15-28)20-27(2)42(44)70-45-36(33(56)21-31(67-45)22-51-3)53-49(62)65-25-29-16-10-6-11-17-29/h5-19,21,27,32-47,51,55-60H,4,20,22-26H2,1-3H3,(H,52,61)(H,53,62)(H,54,63)/t27-,32+,33-,34?,35+,36+,37+,38-,39+,40+,41+,42+,43+,44+,45+,46+,47-/m0/s1. The first-order valence-electron chi connectivity index (χ1n) is 24.0. The summed E-state index contributed by atoms with van der Waals surface area (Å²) in [6.45, 7) is 2.57. The maximum atomic E-state index is 13.2. The molecule has 2 saturated heterocycles. The number of amides is 3. The molecule has 0 aromatic heterocycles. The lowest BCUT2D eigenvalue weighted by Crippen LogP contribution is -2.65. The van der Waals surface area contributed by atoms with Crippen LogP contribution in [0.3, 0.4) is 0 Å². The number of nitrogens with one attached hydrogen (secondary N) is 4. The lowest BCUT2D eigenvalue weighted by molar-refractivity contribution is -0.289. The van der Waals surface area contributed by atoms with Gasteiger partial charge in [-0.25, -0.2) is 14.4 Å². The van der Waals surface area contributed by atoms with E-state index in [-0.39, 0.29) is 45.0 Å². The quantitative estimate of drug-likeness (QED) is 0.0754. The minimum atomic E-state index is -1.78. The van der Waals surface area contributed by atoms with Gasteiger partial charge in [0.25, 0.3) is 0 Å². The molecule has 3 heterocycles. The maximum Gasteiger partial charge on any atom is 0.408 e. The van der Waals surface area contributed by atoms with Gasteiger partial charge in [0.2, 0.25) is 6.29 Å². The van der Waals surface area contributed by atoms with Gasteiger partial charge in [-0.1, -0.05) is 105 Å². The van der Waals surface area contributed by atoms with Crippen molar-refractivity contribution in [2.24, 2.45) is 5.92 Å². The van der Waals surface area contributed by atoms with Gasteiger partial charge < -0.3 is 94.5 Å². The van der Waals surface area contributed by atoms with Crippen LogP contribution in [0.2, 0.25) is 0 Å². The number of ether oxygens (including phenoxy) is 9. The van der Waals surface area contributed by atoms with Crippen molar-refractivity contribution in [1.29, 1.82) is 0 Å². The van der Waals surface area contributed by atoms with Crippen molar-refractivity contribution in [2.75, 3.05) is 20.2 Å². The monoisotopic (exact) mass is 1010 g/mol. The molecule has 0 spiro atoms. The zero-order valence-corrected chi connectivity index (χ0v) is 40.1. The molecule has 394 valence electrons. The minimum absolute atomic E-state index is 0.0698. The van der Waals surface area contributed by atoms with E-state index in [1.165, 1.54) is 6.08 Å². The molecule has 22 nitrogen and oxygen atoms in total. The lowest BCUT2D eigenvalue weighted by Gasteiger charge is -2.46. The number of rotatable bonds is 19. The number of carbonyl (C=O) groups is 3. The number of aliphatic hydroxyl groups is 6. The van der Waals surface area contributed by atoms with Crippen molar-refractivity contribution >= 4 is 18.3 Å². The van der Waals surface area contributed by atoms with Crippen LogP contribution in [-0.4, -0.2) is 167 Å². The molecule has 10 N–H and O–H groups in total. The van der Waals surface area contributed by atoms with E-state index < -0.39 is 129 Å². The van der Waals surface area contributed by atoms with Gasteiger partial charge in [0.05, 0.1) is 31.4 Å². The van der Waals surface area contributed by atoms with Gasteiger partial charge in [-0.2, -0.15) is 0 Å². The van der Waals surface area contributed by atoms with Gasteiger partial charge in [0.15, 0.2) is 12.6 Å². The third-order valence-corrected chi connectivity index (χ3v) is 12.9. The summed E-state index contributed by atoms with van der Waals surface area (Å²) < 4.78 is 53.9. The number of aliphatic hydroxyl groups excluding tert-OH is 6. The molecule has 1 unspecified atom stereocenters. The second-order valence-electron chi connectivity index (χ2n) is 18.1. The summed E-state index contributed by atoms with van der Waals surface area (Å²) in [5.74, 6) is -0.358. The number of hydrogen-bond acceptors (Lipinski definition) is 19. The highest BCUT2D eigenvalue weighted by atomic mass is 16.8. The third kappa shape index (κ3) is 14.0. The Hall–Kier alpha value is -5.47. The Morgan fingerprint density at radius 1 is 0.597 bits per heavy atom. The van der Waals surface area contributed by atoms with Crippen molar-refractivity contribution in [3.8, 4) is 0 Å². The molecule has 3 amide bonds. The molecule has 4 aliphatic rings. The van der Waals surface area contributed by atoms with Crippen LogP contribution in [0.1, 0.15) is 43.4 Å². The van der Waals surface area contributed by atoms with E-state index in [0.717, 1.165) is 5.56 Å². The van der Waals surface area contributed by atoms with E-state index in [4.69, 9.17) is 42.6 Å². The SMILES string of the molecule is CCC1O[C@H](O[C@H]2[C@@H](O)[C@H](O[C@@H]3[C@@H](O)[C@H](NC(=O)OCc4ccccc4)C[C@H](C)[C@H]3O[C@H]3OC(CNC)=C[C@H](O)[C@H]3NC(=O)OCc3ccccc3)O[C@@H]2CO)[C@H](NC(=O)OCc2ccccc2)[C@@H](O)[C@@H]1O. The summed E-state index contributed by atoms with van der Waals surface area (Å²) in [6, 6.07) is 22.9. The highest BCUT2D eigenvalue weighted by Gasteiger charge is 2.55. The Balaban J connectivity index is 1.11. The number of alkyl carbamates (subject to hydrolysis) is 3. The van der Waals surface area contributed by atoms with Gasteiger partial charge in [-0.3, -0.25) is 0 Å². The van der Waals surface area contributed by atoms with Crippen LogP contribution in [0.25, 0.3) is 0 Å². The predicted octanol–water partition coefficient (Wildman–Crippen LogP) is 1.18. The highest BCUT2D eigenvalue weighted by Crippen LogP contribution is 2.37. The fourth-order valence-electron chi connectivity index (χ4n) is 9.05. The van der Waals surface area contributed by atoms with Crippen LogP contribution in [-0.2, 0) is 62.5 Å². The van der Waals surface area contributed by atoms with Crippen molar-refractivity contribution < 1.29 is 87.7 Å². The third-order valence-electron chi connectivity index (χ3n) is 12.9. The molecule has 0 radical (unpaired) electrons. The molecule has 72 heavy (non-hydrogen) atoms. The molecule has 7 rings (SSSR count). The van der Waals surface area contributed by atoms with E-state index >= 15 is 0 Å². The molecule has 22 heteroatoms. The Labute approximate surface area is 416 Å².